The van der Waals surface area contributed by atoms with Crippen molar-refractivity contribution < 1.29 is 18.7 Å². The molecule has 1 N–H and O–H groups in total. The Kier molecular flexibility index (Phi) is 3.84. The smallest absolute Gasteiger partial charge is 0.306 e. The first-order valence-corrected chi connectivity index (χ1v) is 5.05. The molecule has 82 valence electrons. The Morgan fingerprint density at radius 1 is 1.43 bits per heavy atom. The zero-order chi connectivity index (χ0) is 10.6. The molecule has 0 aromatic heterocycles. The molecule has 1 aliphatic rings. The van der Waals surface area contributed by atoms with Crippen molar-refractivity contribution >= 4 is 5.97 Å². The molecule has 0 heterocycles. The molecule has 14 heavy (non-hydrogen) atoms. The van der Waals surface area contributed by atoms with Crippen molar-refractivity contribution in [2.45, 2.75) is 44.2 Å². The summed E-state index contributed by atoms with van der Waals surface area (Å²) in [5.74, 6) is -1.23. The summed E-state index contributed by atoms with van der Waals surface area (Å²) in [6, 6.07) is 0. The molecular formula is C10H16F2O2. The maximum atomic E-state index is 13.8. The lowest BCUT2D eigenvalue weighted by atomic mass is 9.78. The van der Waals surface area contributed by atoms with E-state index in [4.69, 9.17) is 5.11 Å². The minimum absolute atomic E-state index is 0.232. The minimum Gasteiger partial charge on any atom is -0.481 e. The number of carbonyl (C=O) groups is 1. The van der Waals surface area contributed by atoms with Gasteiger partial charge in [0.05, 0.1) is 12.6 Å². The monoisotopic (exact) mass is 206 g/mol. The van der Waals surface area contributed by atoms with Crippen LogP contribution in [0.1, 0.15) is 38.5 Å². The van der Waals surface area contributed by atoms with E-state index in [9.17, 15) is 13.6 Å². The van der Waals surface area contributed by atoms with E-state index in [1.54, 1.807) is 0 Å². The summed E-state index contributed by atoms with van der Waals surface area (Å²) in [4.78, 5) is 10.6. The number of rotatable bonds is 4. The summed E-state index contributed by atoms with van der Waals surface area (Å²) in [7, 11) is 0. The number of aliphatic carboxylic acids is 1. The Labute approximate surface area is 82.3 Å². The van der Waals surface area contributed by atoms with E-state index in [-0.39, 0.29) is 25.7 Å². The largest absolute Gasteiger partial charge is 0.481 e. The first-order valence-electron chi connectivity index (χ1n) is 5.05. The highest BCUT2D eigenvalue weighted by Crippen LogP contribution is 2.38. The highest BCUT2D eigenvalue weighted by atomic mass is 19.1. The lowest BCUT2D eigenvalue weighted by Crippen LogP contribution is -2.32. The summed E-state index contributed by atoms with van der Waals surface area (Å²) in [5.41, 5.74) is -1.31. The molecular weight excluding hydrogens is 190 g/mol. The van der Waals surface area contributed by atoms with Gasteiger partial charge < -0.3 is 5.11 Å². The number of hydrogen-bond acceptors (Lipinski definition) is 1. The number of carboxylic acid groups (broad SMARTS) is 1. The second-order valence-electron chi connectivity index (χ2n) is 4.06. The standard InChI is InChI=1S/C10H16F2O2/c11-7-1-4-10(12)5-2-8(3-6-10)9(13)14/h8H,1-7H2,(H,13,14). The SMILES string of the molecule is O=C(O)C1CCC(F)(CCCF)CC1. The zero-order valence-corrected chi connectivity index (χ0v) is 8.14. The van der Waals surface area contributed by atoms with Crippen LogP contribution in [-0.2, 0) is 4.79 Å². The van der Waals surface area contributed by atoms with Crippen LogP contribution in [0, 0.1) is 5.92 Å². The fourth-order valence-corrected chi connectivity index (χ4v) is 2.02. The van der Waals surface area contributed by atoms with Crippen LogP contribution in [0.3, 0.4) is 0 Å². The Hall–Kier alpha value is -0.670. The predicted octanol–water partition coefficient (Wildman–Crippen LogP) is 2.72. The topological polar surface area (TPSA) is 37.3 Å². The Bertz CT molecular complexity index is 198. The van der Waals surface area contributed by atoms with Crippen LogP contribution in [0.25, 0.3) is 0 Å². The van der Waals surface area contributed by atoms with Crippen LogP contribution in [0.15, 0.2) is 0 Å². The van der Waals surface area contributed by atoms with Crippen LogP contribution >= 0.6 is 0 Å². The van der Waals surface area contributed by atoms with E-state index >= 15 is 0 Å². The third-order valence-electron chi connectivity index (χ3n) is 2.99. The normalized spacial score (nSPS) is 32.9. The molecule has 0 unspecified atom stereocenters. The molecule has 0 bridgehead atoms. The maximum Gasteiger partial charge on any atom is 0.306 e. The van der Waals surface area contributed by atoms with Crippen LogP contribution in [0.4, 0.5) is 8.78 Å². The van der Waals surface area contributed by atoms with Gasteiger partial charge in [0.25, 0.3) is 0 Å². The van der Waals surface area contributed by atoms with Crippen molar-refractivity contribution in [2.75, 3.05) is 6.67 Å². The van der Waals surface area contributed by atoms with Crippen molar-refractivity contribution in [3.05, 3.63) is 0 Å². The lowest BCUT2D eigenvalue weighted by Gasteiger charge is -2.32. The van der Waals surface area contributed by atoms with E-state index < -0.39 is 24.2 Å². The number of halogens is 2. The van der Waals surface area contributed by atoms with Gasteiger partial charge in [-0.05, 0) is 38.5 Å². The van der Waals surface area contributed by atoms with Gasteiger partial charge >= 0.3 is 5.97 Å². The quantitative estimate of drug-likeness (QED) is 0.767. The average Bonchev–Trinajstić information content (AvgIpc) is 2.16. The van der Waals surface area contributed by atoms with Crippen molar-refractivity contribution in [1.82, 2.24) is 0 Å². The summed E-state index contributed by atoms with van der Waals surface area (Å²) >= 11 is 0. The summed E-state index contributed by atoms with van der Waals surface area (Å²) in [5, 5.41) is 8.70. The van der Waals surface area contributed by atoms with Crippen LogP contribution in [0.5, 0.6) is 0 Å². The molecule has 0 amide bonds. The molecule has 2 nitrogen and oxygen atoms in total. The summed E-state index contributed by atoms with van der Waals surface area (Å²) < 4.78 is 25.7. The highest BCUT2D eigenvalue weighted by molar-refractivity contribution is 5.70. The van der Waals surface area contributed by atoms with E-state index in [1.165, 1.54) is 0 Å². The van der Waals surface area contributed by atoms with Crippen molar-refractivity contribution in [2.24, 2.45) is 5.92 Å². The maximum absolute atomic E-state index is 13.8. The number of alkyl halides is 2. The van der Waals surface area contributed by atoms with E-state index in [0.717, 1.165) is 0 Å². The van der Waals surface area contributed by atoms with Gasteiger partial charge in [-0.15, -0.1) is 0 Å². The molecule has 0 radical (unpaired) electrons. The molecule has 0 spiro atoms. The van der Waals surface area contributed by atoms with Gasteiger partial charge in [-0.2, -0.15) is 0 Å². The molecule has 1 saturated carbocycles. The molecule has 0 atom stereocenters. The second kappa shape index (κ2) is 4.71. The van der Waals surface area contributed by atoms with Gasteiger partial charge in [0.2, 0.25) is 0 Å². The van der Waals surface area contributed by atoms with Gasteiger partial charge in [0, 0.05) is 0 Å². The van der Waals surface area contributed by atoms with E-state index in [2.05, 4.69) is 0 Å². The van der Waals surface area contributed by atoms with Crippen molar-refractivity contribution in [1.29, 1.82) is 0 Å². The third kappa shape index (κ3) is 2.93. The average molecular weight is 206 g/mol. The fourth-order valence-electron chi connectivity index (χ4n) is 2.02. The minimum atomic E-state index is -1.31. The molecule has 1 aliphatic carbocycles. The van der Waals surface area contributed by atoms with Crippen LogP contribution < -0.4 is 0 Å². The number of carboxylic acids is 1. The van der Waals surface area contributed by atoms with Crippen LogP contribution in [-0.4, -0.2) is 23.4 Å². The third-order valence-corrected chi connectivity index (χ3v) is 2.99. The molecule has 0 aromatic carbocycles. The Morgan fingerprint density at radius 3 is 2.43 bits per heavy atom. The zero-order valence-electron chi connectivity index (χ0n) is 8.14. The number of hydrogen-bond donors (Lipinski definition) is 1. The molecule has 1 fully saturated rings. The summed E-state index contributed by atoms with van der Waals surface area (Å²) in [6.45, 7) is -0.492. The molecule has 0 saturated heterocycles. The van der Waals surface area contributed by atoms with Gasteiger partial charge in [-0.25, -0.2) is 4.39 Å². The van der Waals surface area contributed by atoms with E-state index in [1.807, 2.05) is 0 Å². The lowest BCUT2D eigenvalue weighted by molar-refractivity contribution is -0.143. The molecule has 4 heteroatoms. The molecule has 0 aliphatic heterocycles. The Balaban J connectivity index is 2.36. The molecule has 1 rings (SSSR count). The van der Waals surface area contributed by atoms with Crippen molar-refractivity contribution in [3.8, 4) is 0 Å². The second-order valence-corrected chi connectivity index (χ2v) is 4.06. The predicted molar refractivity (Wildman–Crippen MR) is 48.6 cm³/mol. The van der Waals surface area contributed by atoms with Crippen LogP contribution in [0.2, 0.25) is 0 Å². The summed E-state index contributed by atoms with van der Waals surface area (Å²) in [6.07, 6.45) is 1.79. The van der Waals surface area contributed by atoms with E-state index in [0.29, 0.717) is 12.8 Å². The van der Waals surface area contributed by atoms with Gasteiger partial charge in [0.1, 0.15) is 5.67 Å². The van der Waals surface area contributed by atoms with Gasteiger partial charge in [-0.1, -0.05) is 0 Å². The van der Waals surface area contributed by atoms with Gasteiger partial charge in [0.15, 0.2) is 0 Å². The van der Waals surface area contributed by atoms with Gasteiger partial charge in [-0.3, -0.25) is 9.18 Å². The van der Waals surface area contributed by atoms with Crippen molar-refractivity contribution in [3.63, 3.8) is 0 Å². The molecule has 0 aromatic rings. The first kappa shape index (κ1) is 11.4. The first-order chi connectivity index (χ1) is 6.57. The fraction of sp³-hybridized carbons (Fsp3) is 0.900. The highest BCUT2D eigenvalue weighted by Gasteiger charge is 2.36. The Morgan fingerprint density at radius 2 is 2.00 bits per heavy atom.